The summed E-state index contributed by atoms with van der Waals surface area (Å²) in [6.07, 6.45) is 0.591. The molecule has 2 atom stereocenters. The third-order valence-electron chi connectivity index (χ3n) is 3.93. The first-order valence-electron chi connectivity index (χ1n) is 7.67. The van der Waals surface area contributed by atoms with E-state index < -0.39 is 0 Å². The molecule has 0 radical (unpaired) electrons. The highest BCUT2D eigenvalue weighted by atomic mass is 35.5. The van der Waals surface area contributed by atoms with Gasteiger partial charge in [-0.2, -0.15) is 0 Å². The molecule has 5 nitrogen and oxygen atoms in total. The molecule has 3 N–H and O–H groups in total. The second-order valence-corrected chi connectivity index (χ2v) is 6.87. The largest absolute Gasteiger partial charge is 0.351 e. The first-order valence-corrected chi connectivity index (χ1v) is 7.67. The van der Waals surface area contributed by atoms with Gasteiger partial charge < -0.3 is 16.0 Å². The van der Waals surface area contributed by atoms with Gasteiger partial charge in [0.2, 0.25) is 11.8 Å². The van der Waals surface area contributed by atoms with Crippen molar-refractivity contribution < 1.29 is 9.59 Å². The smallest absolute Gasteiger partial charge is 0.225 e. The van der Waals surface area contributed by atoms with Crippen LogP contribution in [0.3, 0.4) is 0 Å². The van der Waals surface area contributed by atoms with Gasteiger partial charge in [0.15, 0.2) is 0 Å². The van der Waals surface area contributed by atoms with Crippen molar-refractivity contribution in [2.75, 3.05) is 6.54 Å². The lowest BCUT2D eigenvalue weighted by Crippen LogP contribution is -2.44. The van der Waals surface area contributed by atoms with Crippen LogP contribution >= 0.6 is 12.4 Å². The molecule has 1 fully saturated rings. The Morgan fingerprint density at radius 3 is 2.48 bits per heavy atom. The van der Waals surface area contributed by atoms with Crippen LogP contribution in [0.4, 0.5) is 0 Å². The number of rotatable bonds is 4. The zero-order valence-corrected chi connectivity index (χ0v) is 14.7. The molecule has 0 aliphatic carbocycles. The number of nitrogens with one attached hydrogen (secondary N) is 1. The number of halogens is 1. The average molecular weight is 340 g/mol. The van der Waals surface area contributed by atoms with Crippen molar-refractivity contribution in [2.24, 2.45) is 5.73 Å². The van der Waals surface area contributed by atoms with Crippen molar-refractivity contribution in [1.29, 1.82) is 0 Å². The van der Waals surface area contributed by atoms with Crippen molar-refractivity contribution in [3.8, 4) is 0 Å². The van der Waals surface area contributed by atoms with E-state index in [0.717, 1.165) is 5.56 Å². The summed E-state index contributed by atoms with van der Waals surface area (Å²) in [7, 11) is 0. The number of nitrogens with zero attached hydrogens (tertiary/aromatic N) is 1. The molecule has 1 heterocycles. The van der Waals surface area contributed by atoms with Gasteiger partial charge in [-0.15, -0.1) is 12.4 Å². The van der Waals surface area contributed by atoms with Crippen LogP contribution in [0.25, 0.3) is 0 Å². The van der Waals surface area contributed by atoms with Crippen LogP contribution in [-0.2, 0) is 9.59 Å². The number of likely N-dealkylation sites (tertiary alicyclic amines) is 1. The third-order valence-corrected chi connectivity index (χ3v) is 3.93. The van der Waals surface area contributed by atoms with E-state index in [1.807, 2.05) is 56.0 Å². The maximum atomic E-state index is 12.1. The van der Waals surface area contributed by atoms with E-state index in [1.165, 1.54) is 0 Å². The summed E-state index contributed by atoms with van der Waals surface area (Å²) in [4.78, 5) is 25.9. The van der Waals surface area contributed by atoms with Crippen LogP contribution < -0.4 is 11.1 Å². The number of carbonyl (C=O) groups is 2. The van der Waals surface area contributed by atoms with E-state index in [4.69, 9.17) is 5.73 Å². The molecule has 1 aromatic carbocycles. The number of hydrogen-bond acceptors (Lipinski definition) is 3. The predicted octanol–water partition coefficient (Wildman–Crippen LogP) is 2.01. The molecular weight excluding hydrogens is 314 g/mol. The zero-order valence-electron chi connectivity index (χ0n) is 13.9. The van der Waals surface area contributed by atoms with Gasteiger partial charge in [-0.25, -0.2) is 0 Å². The van der Waals surface area contributed by atoms with Crippen LogP contribution in [0, 0.1) is 0 Å². The molecule has 0 bridgehead atoms. The molecule has 0 spiro atoms. The fourth-order valence-corrected chi connectivity index (χ4v) is 2.76. The van der Waals surface area contributed by atoms with Gasteiger partial charge in [-0.1, -0.05) is 30.3 Å². The topological polar surface area (TPSA) is 75.4 Å². The van der Waals surface area contributed by atoms with E-state index in [-0.39, 0.29) is 48.3 Å². The third kappa shape index (κ3) is 5.22. The molecule has 2 unspecified atom stereocenters. The standard InChI is InChI=1S/C17H25N3O2.ClH/c1-17(2,3)20-11-13(9-16(20)22)19-15(21)10-14(18)12-7-5-4-6-8-12;/h4-8,13-14H,9-11,18H2,1-3H3,(H,19,21);1H. The van der Waals surface area contributed by atoms with Crippen molar-refractivity contribution in [1.82, 2.24) is 10.2 Å². The Labute approximate surface area is 144 Å². The summed E-state index contributed by atoms with van der Waals surface area (Å²) in [5, 5.41) is 2.93. The second kappa shape index (κ2) is 7.79. The van der Waals surface area contributed by atoms with Gasteiger partial charge in [-0.3, -0.25) is 9.59 Å². The van der Waals surface area contributed by atoms with Crippen molar-refractivity contribution >= 4 is 24.2 Å². The Morgan fingerprint density at radius 1 is 1.35 bits per heavy atom. The summed E-state index contributed by atoms with van der Waals surface area (Å²) in [5.41, 5.74) is 6.79. The number of nitrogens with two attached hydrogens (primary N) is 1. The molecule has 6 heteroatoms. The van der Waals surface area contributed by atoms with Crippen LogP contribution in [-0.4, -0.2) is 34.8 Å². The molecule has 128 valence electrons. The first kappa shape index (κ1) is 19.5. The maximum Gasteiger partial charge on any atom is 0.225 e. The normalized spacial score (nSPS) is 19.2. The minimum atomic E-state index is -0.322. The maximum absolute atomic E-state index is 12.1. The molecule has 2 rings (SSSR count). The van der Waals surface area contributed by atoms with Crippen LogP contribution in [0.1, 0.15) is 45.2 Å². The predicted molar refractivity (Wildman–Crippen MR) is 93.2 cm³/mol. The van der Waals surface area contributed by atoms with E-state index in [2.05, 4.69) is 5.32 Å². The second-order valence-electron chi connectivity index (χ2n) is 6.87. The summed E-state index contributed by atoms with van der Waals surface area (Å²) >= 11 is 0. The van der Waals surface area contributed by atoms with Crippen LogP contribution in [0.15, 0.2) is 30.3 Å². The quantitative estimate of drug-likeness (QED) is 0.881. The number of hydrogen-bond donors (Lipinski definition) is 2. The van der Waals surface area contributed by atoms with Gasteiger partial charge in [0.25, 0.3) is 0 Å². The lowest BCUT2D eigenvalue weighted by Gasteiger charge is -2.32. The SMILES string of the molecule is CC(C)(C)N1CC(NC(=O)CC(N)c2ccccc2)CC1=O.Cl. The van der Waals surface area contributed by atoms with Gasteiger partial charge in [0, 0.05) is 31.0 Å². The van der Waals surface area contributed by atoms with Gasteiger partial charge in [0.05, 0.1) is 6.04 Å². The summed E-state index contributed by atoms with van der Waals surface area (Å²) in [6, 6.07) is 9.12. The van der Waals surface area contributed by atoms with E-state index in [0.29, 0.717) is 13.0 Å². The fraction of sp³-hybridized carbons (Fsp3) is 0.529. The van der Waals surface area contributed by atoms with Gasteiger partial charge >= 0.3 is 0 Å². The first-order chi connectivity index (χ1) is 10.3. The highest BCUT2D eigenvalue weighted by molar-refractivity contribution is 5.85. The molecule has 2 amide bonds. The van der Waals surface area contributed by atoms with Crippen molar-refractivity contribution in [2.45, 2.75) is 51.2 Å². The number of carbonyl (C=O) groups excluding carboxylic acids is 2. The van der Waals surface area contributed by atoms with Crippen molar-refractivity contribution in [3.63, 3.8) is 0 Å². The summed E-state index contributed by atoms with van der Waals surface area (Å²) < 4.78 is 0. The Hall–Kier alpha value is -1.59. The molecule has 1 saturated heterocycles. The Balaban J connectivity index is 0.00000264. The fourth-order valence-electron chi connectivity index (χ4n) is 2.76. The van der Waals surface area contributed by atoms with E-state index in [9.17, 15) is 9.59 Å². The molecule has 1 aliphatic rings. The lowest BCUT2D eigenvalue weighted by molar-refractivity contribution is -0.131. The molecule has 1 aliphatic heterocycles. The van der Waals surface area contributed by atoms with E-state index >= 15 is 0 Å². The Kier molecular flexibility index (Phi) is 6.59. The minimum Gasteiger partial charge on any atom is -0.351 e. The van der Waals surface area contributed by atoms with Crippen LogP contribution in [0.5, 0.6) is 0 Å². The molecule has 23 heavy (non-hydrogen) atoms. The Morgan fingerprint density at radius 2 is 1.96 bits per heavy atom. The number of benzene rings is 1. The molecule has 1 aromatic rings. The highest BCUT2D eigenvalue weighted by Gasteiger charge is 2.36. The molecular formula is C17H26ClN3O2. The van der Waals surface area contributed by atoms with Gasteiger partial charge in [-0.05, 0) is 26.3 Å². The highest BCUT2D eigenvalue weighted by Crippen LogP contribution is 2.22. The summed E-state index contributed by atoms with van der Waals surface area (Å²) in [5.74, 6) is -0.0185. The molecule has 0 aromatic heterocycles. The summed E-state index contributed by atoms with van der Waals surface area (Å²) in [6.45, 7) is 6.57. The minimum absolute atomic E-state index is 0. The van der Waals surface area contributed by atoms with Gasteiger partial charge in [0.1, 0.15) is 0 Å². The average Bonchev–Trinajstić information content (AvgIpc) is 2.80. The van der Waals surface area contributed by atoms with Crippen molar-refractivity contribution in [3.05, 3.63) is 35.9 Å². The number of amides is 2. The Bertz CT molecular complexity index is 543. The van der Waals surface area contributed by atoms with Crippen LogP contribution in [0.2, 0.25) is 0 Å². The molecule has 0 saturated carbocycles. The monoisotopic (exact) mass is 339 g/mol. The lowest BCUT2D eigenvalue weighted by atomic mass is 10.0. The van der Waals surface area contributed by atoms with E-state index in [1.54, 1.807) is 0 Å². The zero-order chi connectivity index (χ0) is 16.3.